The van der Waals surface area contributed by atoms with E-state index < -0.39 is 0 Å². The smallest absolute Gasteiger partial charge is 0.332 e. The fourth-order valence-corrected chi connectivity index (χ4v) is 3.31. The number of benzene rings is 1. The summed E-state index contributed by atoms with van der Waals surface area (Å²) in [7, 11) is 1.63. The van der Waals surface area contributed by atoms with Crippen LogP contribution in [0.4, 0.5) is 10.5 Å². The molecule has 2 aliphatic heterocycles. The zero-order chi connectivity index (χ0) is 17.1. The van der Waals surface area contributed by atoms with Crippen LogP contribution in [0.1, 0.15) is 12.8 Å². The van der Waals surface area contributed by atoms with Crippen LogP contribution in [0.25, 0.3) is 0 Å². The first-order chi connectivity index (χ1) is 11.6. The third-order valence-electron chi connectivity index (χ3n) is 4.65. The normalized spacial score (nSPS) is 19.9. The fraction of sp³-hybridized carbons (Fsp3) is 0.471. The number of likely N-dealkylation sites (tertiary alicyclic amines) is 1. The van der Waals surface area contributed by atoms with Gasteiger partial charge in [-0.1, -0.05) is 18.2 Å². The highest BCUT2D eigenvalue weighted by Gasteiger charge is 2.41. The van der Waals surface area contributed by atoms with Gasteiger partial charge in [0, 0.05) is 26.2 Å². The molecule has 0 aliphatic carbocycles. The molecular formula is C17H22N4O3. The Morgan fingerprint density at radius 2 is 1.83 bits per heavy atom. The van der Waals surface area contributed by atoms with E-state index in [0.29, 0.717) is 12.2 Å². The standard InChI is InChI=1S/C17H22N4O3/c1-18-15(22)11-19-9-7-13(8-10-19)20-12-16(23)21(17(20)24)14-5-3-2-4-6-14/h2-6,13H,7-12H2,1H3,(H,18,22). The first kappa shape index (κ1) is 16.4. The molecule has 0 unspecified atom stereocenters. The minimum Gasteiger partial charge on any atom is -0.358 e. The molecule has 0 saturated carbocycles. The minimum absolute atomic E-state index is 0.00358. The van der Waals surface area contributed by atoms with E-state index in [1.54, 1.807) is 24.1 Å². The molecule has 2 aliphatic rings. The van der Waals surface area contributed by atoms with E-state index in [1.165, 1.54) is 4.90 Å². The largest absolute Gasteiger partial charge is 0.358 e. The number of hydrogen-bond donors (Lipinski definition) is 1. The topological polar surface area (TPSA) is 73.0 Å². The SMILES string of the molecule is CNC(=O)CN1CCC(N2CC(=O)N(c3ccccc3)C2=O)CC1. The summed E-state index contributed by atoms with van der Waals surface area (Å²) in [5.74, 6) is -0.185. The molecule has 0 bridgehead atoms. The molecule has 2 saturated heterocycles. The zero-order valence-electron chi connectivity index (χ0n) is 13.8. The van der Waals surface area contributed by atoms with Crippen molar-refractivity contribution in [1.29, 1.82) is 0 Å². The molecule has 0 aromatic heterocycles. The number of para-hydroxylation sites is 1. The number of likely N-dealkylation sites (N-methyl/N-ethyl adjacent to an activating group) is 1. The van der Waals surface area contributed by atoms with Gasteiger partial charge >= 0.3 is 6.03 Å². The van der Waals surface area contributed by atoms with Crippen LogP contribution in [-0.2, 0) is 9.59 Å². The van der Waals surface area contributed by atoms with E-state index >= 15 is 0 Å². The number of nitrogens with zero attached hydrogens (tertiary/aromatic N) is 3. The van der Waals surface area contributed by atoms with Crippen LogP contribution in [0, 0.1) is 0 Å². The third-order valence-corrected chi connectivity index (χ3v) is 4.65. The summed E-state index contributed by atoms with van der Waals surface area (Å²) >= 11 is 0. The lowest BCUT2D eigenvalue weighted by Gasteiger charge is -2.35. The van der Waals surface area contributed by atoms with Crippen molar-refractivity contribution < 1.29 is 14.4 Å². The van der Waals surface area contributed by atoms with Crippen LogP contribution in [-0.4, -0.2) is 66.9 Å². The molecule has 24 heavy (non-hydrogen) atoms. The molecule has 0 atom stereocenters. The van der Waals surface area contributed by atoms with Crippen molar-refractivity contribution in [2.24, 2.45) is 0 Å². The average molecular weight is 330 g/mol. The number of hydrogen-bond acceptors (Lipinski definition) is 4. The number of piperidine rings is 1. The average Bonchev–Trinajstić information content (AvgIpc) is 2.90. The van der Waals surface area contributed by atoms with E-state index in [0.717, 1.165) is 25.9 Å². The Morgan fingerprint density at radius 1 is 1.17 bits per heavy atom. The summed E-state index contributed by atoms with van der Waals surface area (Å²) in [6.07, 6.45) is 1.55. The van der Waals surface area contributed by atoms with Crippen LogP contribution in [0.3, 0.4) is 0 Å². The second-order valence-corrected chi connectivity index (χ2v) is 6.16. The number of carbonyl (C=O) groups is 3. The molecule has 7 heteroatoms. The molecule has 0 radical (unpaired) electrons. The number of anilines is 1. The summed E-state index contributed by atoms with van der Waals surface area (Å²) < 4.78 is 0. The molecule has 2 heterocycles. The van der Waals surface area contributed by atoms with Crippen LogP contribution in [0.15, 0.2) is 30.3 Å². The number of amides is 4. The van der Waals surface area contributed by atoms with Crippen LogP contribution in [0.5, 0.6) is 0 Å². The van der Waals surface area contributed by atoms with E-state index in [4.69, 9.17) is 0 Å². The maximum Gasteiger partial charge on any atom is 0.332 e. The summed E-state index contributed by atoms with van der Waals surface area (Å²) in [4.78, 5) is 41.4. The number of nitrogens with one attached hydrogen (secondary N) is 1. The monoisotopic (exact) mass is 330 g/mol. The van der Waals surface area contributed by atoms with Gasteiger partial charge in [-0.05, 0) is 25.0 Å². The van der Waals surface area contributed by atoms with Crippen LogP contribution < -0.4 is 10.2 Å². The van der Waals surface area contributed by atoms with Crippen molar-refractivity contribution >= 4 is 23.5 Å². The Hall–Kier alpha value is -2.41. The number of rotatable bonds is 4. The highest BCUT2D eigenvalue weighted by Crippen LogP contribution is 2.26. The van der Waals surface area contributed by atoms with Gasteiger partial charge in [-0.15, -0.1) is 0 Å². The van der Waals surface area contributed by atoms with Crippen LogP contribution >= 0.6 is 0 Å². The van der Waals surface area contributed by atoms with E-state index in [-0.39, 0.29) is 30.4 Å². The molecule has 4 amide bonds. The van der Waals surface area contributed by atoms with Gasteiger partial charge < -0.3 is 10.2 Å². The van der Waals surface area contributed by atoms with Crippen molar-refractivity contribution in [3.05, 3.63) is 30.3 Å². The molecule has 1 N–H and O–H groups in total. The second-order valence-electron chi connectivity index (χ2n) is 6.16. The molecular weight excluding hydrogens is 308 g/mol. The lowest BCUT2D eigenvalue weighted by Crippen LogP contribution is -2.48. The first-order valence-corrected chi connectivity index (χ1v) is 8.21. The van der Waals surface area contributed by atoms with Gasteiger partial charge in [-0.3, -0.25) is 14.5 Å². The van der Waals surface area contributed by atoms with Gasteiger partial charge in [0.15, 0.2) is 0 Å². The highest BCUT2D eigenvalue weighted by atomic mass is 16.2. The molecule has 128 valence electrons. The predicted molar refractivity (Wildman–Crippen MR) is 89.6 cm³/mol. The first-order valence-electron chi connectivity index (χ1n) is 8.21. The number of carbonyl (C=O) groups excluding carboxylic acids is 3. The highest BCUT2D eigenvalue weighted by molar-refractivity contribution is 6.19. The third kappa shape index (κ3) is 3.26. The Kier molecular flexibility index (Phi) is 4.80. The quantitative estimate of drug-likeness (QED) is 0.824. The van der Waals surface area contributed by atoms with Gasteiger partial charge in [-0.25, -0.2) is 9.69 Å². The van der Waals surface area contributed by atoms with Gasteiger partial charge in [0.05, 0.1) is 12.2 Å². The number of imide groups is 1. The Bertz CT molecular complexity index is 626. The molecule has 3 rings (SSSR count). The zero-order valence-corrected chi connectivity index (χ0v) is 13.8. The fourth-order valence-electron chi connectivity index (χ4n) is 3.31. The minimum atomic E-state index is -0.240. The Balaban J connectivity index is 1.62. The lowest BCUT2D eigenvalue weighted by molar-refractivity contribution is -0.122. The maximum absolute atomic E-state index is 12.7. The molecule has 1 aromatic rings. The summed E-state index contributed by atoms with van der Waals surface area (Å²) in [5, 5.41) is 2.62. The summed E-state index contributed by atoms with van der Waals surface area (Å²) in [6, 6.07) is 8.84. The van der Waals surface area contributed by atoms with Gasteiger partial charge in [0.1, 0.15) is 6.54 Å². The summed E-state index contributed by atoms with van der Waals surface area (Å²) in [5.41, 5.74) is 0.618. The number of urea groups is 1. The molecule has 0 spiro atoms. The maximum atomic E-state index is 12.7. The van der Waals surface area contributed by atoms with Gasteiger partial charge in [-0.2, -0.15) is 0 Å². The van der Waals surface area contributed by atoms with Crippen molar-refractivity contribution in [2.45, 2.75) is 18.9 Å². The van der Waals surface area contributed by atoms with Crippen molar-refractivity contribution in [2.75, 3.05) is 38.1 Å². The molecule has 2 fully saturated rings. The van der Waals surface area contributed by atoms with E-state index in [1.807, 2.05) is 18.2 Å². The van der Waals surface area contributed by atoms with Crippen molar-refractivity contribution in [3.8, 4) is 0 Å². The van der Waals surface area contributed by atoms with Crippen molar-refractivity contribution in [3.63, 3.8) is 0 Å². The van der Waals surface area contributed by atoms with Gasteiger partial charge in [0.2, 0.25) is 5.91 Å². The van der Waals surface area contributed by atoms with Crippen LogP contribution in [0.2, 0.25) is 0 Å². The van der Waals surface area contributed by atoms with Crippen molar-refractivity contribution in [1.82, 2.24) is 15.1 Å². The van der Waals surface area contributed by atoms with E-state index in [9.17, 15) is 14.4 Å². The summed E-state index contributed by atoms with van der Waals surface area (Å²) in [6.45, 7) is 2.02. The van der Waals surface area contributed by atoms with Gasteiger partial charge in [0.25, 0.3) is 5.91 Å². The van der Waals surface area contributed by atoms with E-state index in [2.05, 4.69) is 10.2 Å². The molecule has 7 nitrogen and oxygen atoms in total. The second kappa shape index (κ2) is 7.00. The Morgan fingerprint density at radius 3 is 2.46 bits per heavy atom. The lowest BCUT2D eigenvalue weighted by atomic mass is 10.0. The molecule has 1 aromatic carbocycles. The Labute approximate surface area is 141 Å². The predicted octanol–water partition coefficient (Wildman–Crippen LogP) is 0.666.